The lowest BCUT2D eigenvalue weighted by Gasteiger charge is -2.18. The fourth-order valence-electron chi connectivity index (χ4n) is 3.30. The predicted octanol–water partition coefficient (Wildman–Crippen LogP) is 4.97. The minimum Gasteiger partial charge on any atom is -0.493 e. The van der Waals surface area contributed by atoms with E-state index in [-0.39, 0.29) is 5.91 Å². The number of carbonyl (C=O) groups is 1. The highest BCUT2D eigenvalue weighted by molar-refractivity contribution is 5.95. The molecule has 1 aromatic heterocycles. The first kappa shape index (κ1) is 18.6. The van der Waals surface area contributed by atoms with Crippen LogP contribution < -0.4 is 14.8 Å². The number of nitrogens with one attached hydrogen (secondary N) is 1. The van der Waals surface area contributed by atoms with Crippen LogP contribution >= 0.6 is 0 Å². The molecule has 146 valence electrons. The van der Waals surface area contributed by atoms with Gasteiger partial charge in [0.2, 0.25) is 0 Å². The van der Waals surface area contributed by atoms with Crippen molar-refractivity contribution in [2.45, 2.75) is 6.04 Å². The van der Waals surface area contributed by atoms with Crippen LogP contribution in [0.5, 0.6) is 11.5 Å². The molecule has 29 heavy (non-hydrogen) atoms. The van der Waals surface area contributed by atoms with Crippen LogP contribution in [0.25, 0.3) is 11.0 Å². The van der Waals surface area contributed by atoms with Gasteiger partial charge in [-0.25, -0.2) is 0 Å². The average molecular weight is 387 g/mol. The van der Waals surface area contributed by atoms with Gasteiger partial charge in [-0.3, -0.25) is 4.79 Å². The second-order valence-corrected chi connectivity index (χ2v) is 6.57. The number of fused-ring (bicyclic) bond motifs is 1. The number of hydrogen-bond acceptors (Lipinski definition) is 4. The molecule has 0 radical (unpaired) electrons. The van der Waals surface area contributed by atoms with E-state index in [4.69, 9.17) is 13.9 Å². The largest absolute Gasteiger partial charge is 0.493 e. The Kier molecular flexibility index (Phi) is 5.20. The van der Waals surface area contributed by atoms with Gasteiger partial charge in [0.1, 0.15) is 17.4 Å². The molecular formula is C24H21NO4. The molecule has 0 spiro atoms. The van der Waals surface area contributed by atoms with E-state index in [1.165, 1.54) is 0 Å². The van der Waals surface area contributed by atoms with E-state index in [1.807, 2.05) is 60.7 Å². The summed E-state index contributed by atoms with van der Waals surface area (Å²) < 4.78 is 16.6. The molecule has 0 aliphatic heterocycles. The zero-order valence-corrected chi connectivity index (χ0v) is 16.2. The first-order valence-electron chi connectivity index (χ1n) is 9.26. The molecular weight excluding hydrogens is 366 g/mol. The van der Waals surface area contributed by atoms with Gasteiger partial charge in [-0.1, -0.05) is 48.5 Å². The van der Waals surface area contributed by atoms with Gasteiger partial charge in [0.15, 0.2) is 11.5 Å². The number of amides is 1. The highest BCUT2D eigenvalue weighted by Crippen LogP contribution is 2.30. The van der Waals surface area contributed by atoms with Crippen molar-refractivity contribution in [2.75, 3.05) is 14.2 Å². The number of benzene rings is 3. The van der Waals surface area contributed by atoms with Crippen LogP contribution in [-0.2, 0) is 0 Å². The number of rotatable bonds is 6. The van der Waals surface area contributed by atoms with Crippen LogP contribution in [0.1, 0.15) is 27.7 Å². The number of carbonyl (C=O) groups excluding carboxylic acids is 1. The third kappa shape index (κ3) is 3.80. The third-order valence-corrected chi connectivity index (χ3v) is 4.78. The lowest BCUT2D eigenvalue weighted by Crippen LogP contribution is -2.29. The van der Waals surface area contributed by atoms with Gasteiger partial charge in [-0.2, -0.15) is 0 Å². The molecule has 1 heterocycles. The summed E-state index contributed by atoms with van der Waals surface area (Å²) in [5.74, 6) is 1.51. The van der Waals surface area contributed by atoms with Crippen LogP contribution in [0.3, 0.4) is 0 Å². The third-order valence-electron chi connectivity index (χ3n) is 4.78. The van der Waals surface area contributed by atoms with E-state index in [0.717, 1.165) is 16.5 Å². The van der Waals surface area contributed by atoms with Crippen molar-refractivity contribution in [1.82, 2.24) is 5.32 Å². The summed E-state index contributed by atoms with van der Waals surface area (Å²) in [7, 11) is 3.10. The van der Waals surface area contributed by atoms with Crippen molar-refractivity contribution in [1.29, 1.82) is 0 Å². The monoisotopic (exact) mass is 387 g/mol. The van der Waals surface area contributed by atoms with E-state index in [1.54, 1.807) is 32.4 Å². The zero-order valence-electron chi connectivity index (χ0n) is 16.2. The maximum Gasteiger partial charge on any atom is 0.252 e. The van der Waals surface area contributed by atoms with E-state index in [2.05, 4.69) is 5.32 Å². The van der Waals surface area contributed by atoms with E-state index in [9.17, 15) is 4.79 Å². The molecule has 1 amide bonds. The van der Waals surface area contributed by atoms with Gasteiger partial charge in [0.25, 0.3) is 5.91 Å². The van der Waals surface area contributed by atoms with Crippen molar-refractivity contribution in [3.05, 3.63) is 95.7 Å². The highest BCUT2D eigenvalue weighted by Gasteiger charge is 2.22. The molecule has 0 unspecified atom stereocenters. The molecule has 4 aromatic rings. The first-order valence-corrected chi connectivity index (χ1v) is 9.26. The van der Waals surface area contributed by atoms with E-state index < -0.39 is 6.04 Å². The quantitative estimate of drug-likeness (QED) is 0.507. The smallest absolute Gasteiger partial charge is 0.252 e. The topological polar surface area (TPSA) is 60.7 Å². The lowest BCUT2D eigenvalue weighted by molar-refractivity contribution is 0.0939. The Morgan fingerprint density at radius 1 is 0.862 bits per heavy atom. The van der Waals surface area contributed by atoms with E-state index in [0.29, 0.717) is 22.8 Å². The summed E-state index contributed by atoms with van der Waals surface area (Å²) in [6.07, 6.45) is 0. The first-order chi connectivity index (χ1) is 14.2. The summed E-state index contributed by atoms with van der Waals surface area (Å²) in [4.78, 5) is 13.0. The van der Waals surface area contributed by atoms with Gasteiger partial charge in [0.05, 0.1) is 14.2 Å². The Morgan fingerprint density at radius 2 is 1.59 bits per heavy atom. The van der Waals surface area contributed by atoms with Crippen molar-refractivity contribution in [2.24, 2.45) is 0 Å². The molecule has 0 aliphatic carbocycles. The molecule has 1 N–H and O–H groups in total. The molecule has 4 rings (SSSR count). The number of furan rings is 1. The van der Waals surface area contributed by atoms with Gasteiger partial charge in [-0.05, 0) is 35.9 Å². The van der Waals surface area contributed by atoms with Crippen molar-refractivity contribution < 1.29 is 18.7 Å². The van der Waals surface area contributed by atoms with Crippen molar-refractivity contribution in [3.8, 4) is 11.5 Å². The fourth-order valence-corrected chi connectivity index (χ4v) is 3.30. The molecule has 0 saturated heterocycles. The molecule has 0 saturated carbocycles. The minimum absolute atomic E-state index is 0.236. The van der Waals surface area contributed by atoms with Crippen LogP contribution in [0.4, 0.5) is 0 Å². The fraction of sp³-hybridized carbons (Fsp3) is 0.125. The second-order valence-electron chi connectivity index (χ2n) is 6.57. The summed E-state index contributed by atoms with van der Waals surface area (Å²) in [5, 5.41) is 4.08. The molecule has 0 fully saturated rings. The highest BCUT2D eigenvalue weighted by atomic mass is 16.5. The van der Waals surface area contributed by atoms with Crippen LogP contribution in [0.15, 0.2) is 83.3 Å². The van der Waals surface area contributed by atoms with Gasteiger partial charge in [-0.15, -0.1) is 0 Å². The number of methoxy groups -OCH3 is 2. The molecule has 1 atom stereocenters. The molecule has 0 bridgehead atoms. The zero-order chi connectivity index (χ0) is 20.2. The average Bonchev–Trinajstić information content (AvgIpc) is 3.21. The van der Waals surface area contributed by atoms with Crippen LogP contribution in [0.2, 0.25) is 0 Å². The van der Waals surface area contributed by atoms with Gasteiger partial charge >= 0.3 is 0 Å². The Bertz CT molecular complexity index is 1100. The Labute approximate surface area is 168 Å². The Morgan fingerprint density at radius 3 is 2.31 bits per heavy atom. The predicted molar refractivity (Wildman–Crippen MR) is 112 cm³/mol. The molecule has 5 heteroatoms. The lowest BCUT2D eigenvalue weighted by atomic mass is 10.0. The molecule has 3 aromatic carbocycles. The summed E-state index contributed by atoms with van der Waals surface area (Å²) >= 11 is 0. The number of ether oxygens (including phenoxy) is 2. The Hall–Kier alpha value is -3.73. The second kappa shape index (κ2) is 8.10. The van der Waals surface area contributed by atoms with Gasteiger partial charge in [0, 0.05) is 10.9 Å². The summed E-state index contributed by atoms with van der Waals surface area (Å²) in [6, 6.07) is 24.1. The SMILES string of the molecule is COc1ccc(C(=O)N[C@H](c2ccccc2)c2cc3ccccc3o2)cc1OC. The molecule has 5 nitrogen and oxygen atoms in total. The van der Waals surface area contributed by atoms with Crippen LogP contribution in [-0.4, -0.2) is 20.1 Å². The van der Waals surface area contributed by atoms with E-state index >= 15 is 0 Å². The summed E-state index contributed by atoms with van der Waals surface area (Å²) in [5.41, 5.74) is 2.18. The normalized spacial score (nSPS) is 11.8. The number of hydrogen-bond donors (Lipinski definition) is 1. The van der Waals surface area contributed by atoms with Crippen molar-refractivity contribution >= 4 is 16.9 Å². The maximum absolute atomic E-state index is 13.0. The summed E-state index contributed by atoms with van der Waals surface area (Å²) in [6.45, 7) is 0. The van der Waals surface area contributed by atoms with Gasteiger partial charge < -0.3 is 19.2 Å². The maximum atomic E-state index is 13.0. The van der Waals surface area contributed by atoms with Crippen molar-refractivity contribution in [3.63, 3.8) is 0 Å². The molecule has 0 aliphatic rings. The standard InChI is InChI=1S/C24H21NO4/c1-27-20-13-12-18(15-21(20)28-2)24(26)25-23(16-8-4-3-5-9-16)22-14-17-10-6-7-11-19(17)29-22/h3-15,23H,1-2H3,(H,25,26)/t23-/m1/s1. The van der Waals surface area contributed by atoms with Crippen LogP contribution in [0, 0.1) is 0 Å². The Balaban J connectivity index is 1.70. The number of para-hydroxylation sites is 1. The minimum atomic E-state index is -0.427.